The van der Waals surface area contributed by atoms with Crippen LogP contribution in [0, 0.1) is 0 Å². The number of aromatic nitrogens is 2. The van der Waals surface area contributed by atoms with Crippen LogP contribution < -0.4 is 10.0 Å². The van der Waals surface area contributed by atoms with E-state index in [1.54, 1.807) is 48.7 Å². The molecular weight excluding hydrogens is 288 g/mol. The second-order valence-corrected chi connectivity index (χ2v) is 6.42. The third-order valence-electron chi connectivity index (χ3n) is 3.24. The summed E-state index contributed by atoms with van der Waals surface area (Å²) in [4.78, 5) is 4.09. The Kier molecular flexibility index (Phi) is 3.06. The lowest BCUT2D eigenvalue weighted by Crippen LogP contribution is -2.28. The summed E-state index contributed by atoms with van der Waals surface area (Å²) in [7, 11) is -2.30. The maximum atomic E-state index is 12.8. The number of imidazole rings is 1. The zero-order valence-electron chi connectivity index (χ0n) is 11.3. The van der Waals surface area contributed by atoms with Gasteiger partial charge in [-0.3, -0.25) is 8.71 Å². The fourth-order valence-corrected chi connectivity index (χ4v) is 3.53. The largest absolute Gasteiger partial charge is 0.381 e. The minimum Gasteiger partial charge on any atom is -0.381 e. The molecule has 6 nitrogen and oxygen atoms in total. The smallest absolute Gasteiger partial charge is 0.283 e. The summed E-state index contributed by atoms with van der Waals surface area (Å²) in [6.45, 7) is 0. The van der Waals surface area contributed by atoms with Gasteiger partial charge in [0.15, 0.2) is 5.82 Å². The predicted molar refractivity (Wildman–Crippen MR) is 81.6 cm³/mol. The number of nitrogens with zero attached hydrogens (tertiary/aromatic N) is 3. The lowest BCUT2D eigenvalue weighted by atomic mass is 10.3. The molecule has 0 amide bonds. The summed E-state index contributed by atoms with van der Waals surface area (Å²) in [5, 5.41) is -0.0237. The second-order valence-electron chi connectivity index (χ2n) is 4.54. The van der Waals surface area contributed by atoms with Gasteiger partial charge in [0.2, 0.25) is 5.03 Å². The first-order valence-electron chi connectivity index (χ1n) is 6.28. The number of fused-ring (bicyclic) bond motifs is 1. The average molecular weight is 302 g/mol. The lowest BCUT2D eigenvalue weighted by Gasteiger charge is -2.19. The monoisotopic (exact) mass is 302 g/mol. The van der Waals surface area contributed by atoms with Crippen LogP contribution in [0.25, 0.3) is 5.65 Å². The Balaban J connectivity index is 2.19. The molecule has 21 heavy (non-hydrogen) atoms. The van der Waals surface area contributed by atoms with E-state index in [4.69, 9.17) is 5.73 Å². The maximum Gasteiger partial charge on any atom is 0.283 e. The molecule has 7 heteroatoms. The highest BCUT2D eigenvalue weighted by atomic mass is 32.2. The summed E-state index contributed by atoms with van der Waals surface area (Å²) in [5.74, 6) is -0.0102. The van der Waals surface area contributed by atoms with E-state index in [2.05, 4.69) is 4.98 Å². The van der Waals surface area contributed by atoms with Crippen molar-refractivity contribution >= 4 is 27.2 Å². The molecule has 0 unspecified atom stereocenters. The molecule has 0 spiro atoms. The highest BCUT2D eigenvalue weighted by Crippen LogP contribution is 2.26. The summed E-state index contributed by atoms with van der Waals surface area (Å²) in [5.41, 5.74) is 6.87. The molecule has 3 rings (SSSR count). The van der Waals surface area contributed by atoms with Gasteiger partial charge < -0.3 is 5.73 Å². The molecule has 0 atom stereocenters. The zero-order chi connectivity index (χ0) is 15.0. The summed E-state index contributed by atoms with van der Waals surface area (Å²) in [6, 6.07) is 14.0. The van der Waals surface area contributed by atoms with Crippen LogP contribution in [0.4, 0.5) is 11.5 Å². The predicted octanol–water partition coefficient (Wildman–Crippen LogP) is 1.74. The van der Waals surface area contributed by atoms with Crippen LogP contribution in [0.3, 0.4) is 0 Å². The topological polar surface area (TPSA) is 80.7 Å². The van der Waals surface area contributed by atoms with Crippen LogP contribution in [0.15, 0.2) is 59.8 Å². The Morgan fingerprint density at radius 2 is 1.76 bits per heavy atom. The average Bonchev–Trinajstić information content (AvgIpc) is 2.83. The van der Waals surface area contributed by atoms with Crippen molar-refractivity contribution in [1.82, 2.24) is 9.38 Å². The minimum absolute atomic E-state index is 0.0102. The molecule has 0 radical (unpaired) electrons. The normalized spacial score (nSPS) is 11.7. The molecule has 2 heterocycles. The van der Waals surface area contributed by atoms with Crippen LogP contribution in [-0.4, -0.2) is 24.9 Å². The van der Waals surface area contributed by atoms with Crippen molar-refractivity contribution in [3.05, 3.63) is 54.7 Å². The number of sulfonamides is 1. The molecule has 3 aromatic rings. The molecule has 0 saturated heterocycles. The number of para-hydroxylation sites is 1. The van der Waals surface area contributed by atoms with Crippen molar-refractivity contribution in [3.63, 3.8) is 0 Å². The number of rotatable bonds is 3. The molecule has 2 N–H and O–H groups in total. The molecule has 1 aromatic carbocycles. The first kappa shape index (κ1) is 13.4. The Bertz CT molecular complexity index is 888. The maximum absolute atomic E-state index is 12.8. The lowest BCUT2D eigenvalue weighted by molar-refractivity contribution is 0.590. The fraction of sp³-hybridized carbons (Fsp3) is 0.0714. The van der Waals surface area contributed by atoms with Gasteiger partial charge in [-0.15, -0.1) is 0 Å². The van der Waals surface area contributed by atoms with E-state index >= 15 is 0 Å². The Labute approximate surface area is 122 Å². The Hall–Kier alpha value is -2.54. The third kappa shape index (κ3) is 2.11. The highest BCUT2D eigenvalue weighted by molar-refractivity contribution is 7.92. The van der Waals surface area contributed by atoms with Gasteiger partial charge in [-0.1, -0.05) is 24.3 Å². The zero-order valence-corrected chi connectivity index (χ0v) is 12.2. The van der Waals surface area contributed by atoms with E-state index < -0.39 is 10.0 Å². The Morgan fingerprint density at radius 3 is 2.48 bits per heavy atom. The molecule has 0 saturated carbocycles. The fourth-order valence-electron chi connectivity index (χ4n) is 2.15. The molecule has 0 aliphatic rings. The third-order valence-corrected chi connectivity index (χ3v) is 5.06. The quantitative estimate of drug-likeness (QED) is 0.799. The minimum atomic E-state index is -3.80. The summed E-state index contributed by atoms with van der Waals surface area (Å²) >= 11 is 0. The second kappa shape index (κ2) is 4.78. The Morgan fingerprint density at radius 1 is 1.10 bits per heavy atom. The van der Waals surface area contributed by atoms with E-state index in [1.165, 1.54) is 15.8 Å². The number of hydrogen-bond acceptors (Lipinski definition) is 4. The van der Waals surface area contributed by atoms with Gasteiger partial charge in [-0.05, 0) is 24.3 Å². The van der Waals surface area contributed by atoms with Crippen LogP contribution >= 0.6 is 0 Å². The van der Waals surface area contributed by atoms with Crippen LogP contribution in [0.2, 0.25) is 0 Å². The summed E-state index contributed by atoms with van der Waals surface area (Å²) in [6.07, 6.45) is 1.63. The summed E-state index contributed by atoms with van der Waals surface area (Å²) < 4.78 is 28.3. The highest BCUT2D eigenvalue weighted by Gasteiger charge is 2.28. The first-order chi connectivity index (χ1) is 10.0. The van der Waals surface area contributed by atoms with Gasteiger partial charge in [-0.25, -0.2) is 4.98 Å². The van der Waals surface area contributed by atoms with Gasteiger partial charge in [0.1, 0.15) is 5.65 Å². The SMILES string of the molecule is CN(c1ccccc1)S(=O)(=O)c1c(N)nc2ccccn12. The molecule has 0 fully saturated rings. The van der Waals surface area contributed by atoms with Gasteiger partial charge >= 0.3 is 0 Å². The number of pyridine rings is 1. The molecule has 0 bridgehead atoms. The van der Waals surface area contributed by atoms with Gasteiger partial charge in [-0.2, -0.15) is 8.42 Å². The van der Waals surface area contributed by atoms with Crippen molar-refractivity contribution < 1.29 is 8.42 Å². The van der Waals surface area contributed by atoms with E-state index in [9.17, 15) is 8.42 Å². The van der Waals surface area contributed by atoms with E-state index in [0.29, 0.717) is 11.3 Å². The molecule has 0 aliphatic carbocycles. The number of benzene rings is 1. The molecule has 108 valence electrons. The first-order valence-corrected chi connectivity index (χ1v) is 7.72. The van der Waals surface area contributed by atoms with E-state index in [0.717, 1.165) is 0 Å². The van der Waals surface area contributed by atoms with E-state index in [-0.39, 0.29) is 10.8 Å². The number of nitrogens with two attached hydrogens (primary N) is 1. The van der Waals surface area contributed by atoms with Crippen LogP contribution in [0.5, 0.6) is 0 Å². The van der Waals surface area contributed by atoms with Crippen molar-refractivity contribution in [2.24, 2.45) is 0 Å². The van der Waals surface area contributed by atoms with Crippen LogP contribution in [0.1, 0.15) is 0 Å². The van der Waals surface area contributed by atoms with Crippen molar-refractivity contribution in [1.29, 1.82) is 0 Å². The van der Waals surface area contributed by atoms with Crippen molar-refractivity contribution in [2.75, 3.05) is 17.1 Å². The van der Waals surface area contributed by atoms with Gasteiger partial charge in [0.25, 0.3) is 10.0 Å². The van der Waals surface area contributed by atoms with Crippen molar-refractivity contribution in [3.8, 4) is 0 Å². The van der Waals surface area contributed by atoms with E-state index in [1.807, 2.05) is 6.07 Å². The van der Waals surface area contributed by atoms with Gasteiger partial charge in [0.05, 0.1) is 5.69 Å². The molecular formula is C14H14N4O2S. The molecule has 0 aliphatic heterocycles. The number of hydrogen-bond donors (Lipinski definition) is 1. The van der Waals surface area contributed by atoms with Crippen molar-refractivity contribution in [2.45, 2.75) is 5.03 Å². The van der Waals surface area contributed by atoms with Gasteiger partial charge in [0, 0.05) is 13.2 Å². The number of nitrogen functional groups attached to an aromatic ring is 1. The standard InChI is InChI=1S/C14H14N4O2S/c1-17(11-7-3-2-4-8-11)21(19,20)14-13(15)16-12-9-5-6-10-18(12)14/h2-10H,15H2,1H3. The van der Waals surface area contributed by atoms with Crippen LogP contribution in [-0.2, 0) is 10.0 Å². The number of anilines is 2. The molecule has 2 aromatic heterocycles.